The van der Waals surface area contributed by atoms with Crippen LogP contribution < -0.4 is 0 Å². The molecular formula is C22H22FN3O. The molecule has 0 atom stereocenters. The second kappa shape index (κ2) is 7.35. The Morgan fingerprint density at radius 3 is 2.78 bits per heavy atom. The molecule has 0 fully saturated rings. The van der Waals surface area contributed by atoms with Crippen LogP contribution in [0, 0.1) is 12.7 Å². The summed E-state index contributed by atoms with van der Waals surface area (Å²) in [6.45, 7) is 4.01. The van der Waals surface area contributed by atoms with Gasteiger partial charge in [0.25, 0.3) is 0 Å². The molecule has 1 aliphatic rings. The van der Waals surface area contributed by atoms with Crippen LogP contribution in [0.2, 0.25) is 0 Å². The molecule has 138 valence electrons. The molecule has 5 heteroatoms. The summed E-state index contributed by atoms with van der Waals surface area (Å²) in [4.78, 5) is 14.5. The van der Waals surface area contributed by atoms with Crippen molar-refractivity contribution in [2.45, 2.75) is 32.9 Å². The molecular weight excluding hydrogens is 341 g/mol. The first kappa shape index (κ1) is 17.5. The molecule has 0 aliphatic carbocycles. The number of benzene rings is 2. The van der Waals surface area contributed by atoms with Crippen molar-refractivity contribution in [3.63, 3.8) is 0 Å². The highest BCUT2D eigenvalue weighted by Gasteiger charge is 2.22. The first-order chi connectivity index (χ1) is 13.1. The molecule has 1 aromatic heterocycles. The van der Waals surface area contributed by atoms with E-state index < -0.39 is 0 Å². The minimum Gasteiger partial charge on any atom is -0.336 e. The van der Waals surface area contributed by atoms with E-state index >= 15 is 0 Å². The number of halogens is 1. The van der Waals surface area contributed by atoms with Crippen molar-refractivity contribution in [1.29, 1.82) is 0 Å². The maximum absolute atomic E-state index is 13.9. The predicted octanol–water partition coefficient (Wildman–Crippen LogP) is 3.97. The number of aryl methyl sites for hydroxylation is 2. The van der Waals surface area contributed by atoms with Gasteiger partial charge in [-0.3, -0.25) is 9.48 Å². The van der Waals surface area contributed by atoms with Crippen molar-refractivity contribution in [2.75, 3.05) is 6.54 Å². The lowest BCUT2D eigenvalue weighted by Crippen LogP contribution is -2.32. The lowest BCUT2D eigenvalue weighted by molar-refractivity contribution is -0.131. The Balaban J connectivity index is 1.54. The van der Waals surface area contributed by atoms with Crippen LogP contribution in [0.1, 0.15) is 23.2 Å². The van der Waals surface area contributed by atoms with Crippen molar-refractivity contribution in [3.8, 4) is 11.3 Å². The molecule has 2 aromatic carbocycles. The molecule has 0 saturated carbocycles. The van der Waals surface area contributed by atoms with Gasteiger partial charge in [0, 0.05) is 18.7 Å². The van der Waals surface area contributed by atoms with E-state index in [0.717, 1.165) is 29.9 Å². The summed E-state index contributed by atoms with van der Waals surface area (Å²) < 4.78 is 15.9. The minimum atomic E-state index is -0.326. The average Bonchev–Trinajstić information content (AvgIpc) is 2.95. The van der Waals surface area contributed by atoms with Gasteiger partial charge in [0.15, 0.2) is 0 Å². The molecule has 2 heterocycles. The minimum absolute atomic E-state index is 0.0492. The van der Waals surface area contributed by atoms with E-state index in [2.05, 4.69) is 31.2 Å². The molecule has 0 N–H and O–H groups in total. The molecule has 0 unspecified atom stereocenters. The summed E-state index contributed by atoms with van der Waals surface area (Å²) in [5, 5.41) is 4.73. The molecule has 0 bridgehead atoms. The molecule has 1 amide bonds. The Morgan fingerprint density at radius 2 is 1.96 bits per heavy atom. The highest BCUT2D eigenvalue weighted by atomic mass is 19.1. The standard InChI is InChI=1S/C22H22FN3O/c1-16-6-4-8-18(12-16)21-14-19-15-25(10-5-11-26(19)24-21)22(27)13-17-7-2-3-9-20(17)23/h2-4,6-9,12,14H,5,10-11,13,15H2,1H3. The number of nitrogens with zero attached hydrogens (tertiary/aromatic N) is 3. The molecule has 4 nitrogen and oxygen atoms in total. The first-order valence-electron chi connectivity index (χ1n) is 9.25. The summed E-state index contributed by atoms with van der Waals surface area (Å²) in [6, 6.07) is 16.8. The Labute approximate surface area is 158 Å². The van der Waals surface area contributed by atoms with E-state index in [9.17, 15) is 9.18 Å². The number of hydrogen-bond acceptors (Lipinski definition) is 2. The van der Waals surface area contributed by atoms with E-state index in [4.69, 9.17) is 5.10 Å². The van der Waals surface area contributed by atoms with Gasteiger partial charge in [-0.15, -0.1) is 0 Å². The summed E-state index contributed by atoms with van der Waals surface area (Å²) in [5.74, 6) is -0.376. The van der Waals surface area contributed by atoms with Gasteiger partial charge in [0.2, 0.25) is 5.91 Å². The number of amides is 1. The molecule has 1 aliphatic heterocycles. The van der Waals surface area contributed by atoms with E-state index in [1.54, 1.807) is 18.2 Å². The highest BCUT2D eigenvalue weighted by molar-refractivity contribution is 5.79. The smallest absolute Gasteiger partial charge is 0.227 e. The number of rotatable bonds is 3. The first-order valence-corrected chi connectivity index (χ1v) is 9.25. The van der Waals surface area contributed by atoms with Crippen LogP contribution in [0.4, 0.5) is 4.39 Å². The number of aromatic nitrogens is 2. The van der Waals surface area contributed by atoms with Gasteiger partial charge < -0.3 is 4.90 Å². The third-order valence-corrected chi connectivity index (χ3v) is 4.98. The highest BCUT2D eigenvalue weighted by Crippen LogP contribution is 2.23. The molecule has 27 heavy (non-hydrogen) atoms. The molecule has 0 saturated heterocycles. The summed E-state index contributed by atoms with van der Waals surface area (Å²) >= 11 is 0. The van der Waals surface area contributed by atoms with Crippen LogP contribution in [0.15, 0.2) is 54.6 Å². The molecule has 3 aromatic rings. The van der Waals surface area contributed by atoms with Crippen molar-refractivity contribution in [1.82, 2.24) is 14.7 Å². The number of carbonyl (C=O) groups is 1. The average molecular weight is 363 g/mol. The van der Waals surface area contributed by atoms with Gasteiger partial charge >= 0.3 is 0 Å². The fourth-order valence-electron chi connectivity index (χ4n) is 3.54. The van der Waals surface area contributed by atoms with Crippen LogP contribution in [0.25, 0.3) is 11.3 Å². The normalized spacial score (nSPS) is 13.9. The van der Waals surface area contributed by atoms with Crippen LogP contribution in [-0.4, -0.2) is 27.1 Å². The largest absolute Gasteiger partial charge is 0.336 e. The third-order valence-electron chi connectivity index (χ3n) is 4.98. The van der Waals surface area contributed by atoms with Gasteiger partial charge in [-0.2, -0.15) is 5.10 Å². The number of carbonyl (C=O) groups excluding carboxylic acids is 1. The van der Waals surface area contributed by atoms with Gasteiger partial charge in [-0.05, 0) is 37.1 Å². The van der Waals surface area contributed by atoms with Crippen LogP contribution in [0.3, 0.4) is 0 Å². The number of fused-ring (bicyclic) bond motifs is 1. The van der Waals surface area contributed by atoms with Crippen LogP contribution in [-0.2, 0) is 24.3 Å². The summed E-state index contributed by atoms with van der Waals surface area (Å²) in [7, 11) is 0. The molecule has 0 radical (unpaired) electrons. The number of hydrogen-bond donors (Lipinski definition) is 0. The van der Waals surface area contributed by atoms with E-state index in [1.807, 2.05) is 15.6 Å². The second-order valence-corrected chi connectivity index (χ2v) is 7.05. The van der Waals surface area contributed by atoms with Crippen molar-refractivity contribution in [3.05, 3.63) is 77.2 Å². The lowest BCUT2D eigenvalue weighted by Gasteiger charge is -2.20. The van der Waals surface area contributed by atoms with Crippen LogP contribution >= 0.6 is 0 Å². The Morgan fingerprint density at radius 1 is 1.11 bits per heavy atom. The lowest BCUT2D eigenvalue weighted by atomic mass is 10.1. The molecule has 4 rings (SSSR count). The summed E-state index contributed by atoms with van der Waals surface area (Å²) in [5.41, 5.74) is 4.67. The van der Waals surface area contributed by atoms with Gasteiger partial charge in [-0.25, -0.2) is 4.39 Å². The van der Waals surface area contributed by atoms with Gasteiger partial charge in [0.05, 0.1) is 24.4 Å². The Bertz CT molecular complexity index is 979. The quantitative estimate of drug-likeness (QED) is 0.706. The monoisotopic (exact) mass is 363 g/mol. The second-order valence-electron chi connectivity index (χ2n) is 7.05. The van der Waals surface area contributed by atoms with Crippen LogP contribution in [0.5, 0.6) is 0 Å². The maximum atomic E-state index is 13.9. The van der Waals surface area contributed by atoms with Gasteiger partial charge in [-0.1, -0.05) is 42.0 Å². The fourth-order valence-corrected chi connectivity index (χ4v) is 3.54. The fraction of sp³-hybridized carbons (Fsp3) is 0.273. The zero-order valence-corrected chi connectivity index (χ0v) is 15.4. The van der Waals surface area contributed by atoms with Gasteiger partial charge in [0.1, 0.15) is 5.82 Å². The van der Waals surface area contributed by atoms with E-state index in [0.29, 0.717) is 18.7 Å². The Kier molecular flexibility index (Phi) is 4.75. The SMILES string of the molecule is Cc1cccc(-c2cc3n(n2)CCCN(C(=O)Cc2ccccc2F)C3)c1. The third kappa shape index (κ3) is 3.77. The predicted molar refractivity (Wildman–Crippen MR) is 103 cm³/mol. The Hall–Kier alpha value is -2.95. The zero-order valence-electron chi connectivity index (χ0n) is 15.4. The molecule has 0 spiro atoms. The van der Waals surface area contributed by atoms with Crippen molar-refractivity contribution < 1.29 is 9.18 Å². The topological polar surface area (TPSA) is 38.1 Å². The van der Waals surface area contributed by atoms with E-state index in [-0.39, 0.29) is 18.1 Å². The summed E-state index contributed by atoms with van der Waals surface area (Å²) in [6.07, 6.45) is 0.927. The van der Waals surface area contributed by atoms with Crippen molar-refractivity contribution in [2.24, 2.45) is 0 Å². The zero-order chi connectivity index (χ0) is 18.8. The van der Waals surface area contributed by atoms with Crippen molar-refractivity contribution >= 4 is 5.91 Å². The van der Waals surface area contributed by atoms with E-state index in [1.165, 1.54) is 11.6 Å². The maximum Gasteiger partial charge on any atom is 0.227 e.